The number of nitrogens with zero attached hydrogens (tertiary/aromatic N) is 3. The number of anilines is 2. The number of carboxylic acid groups (broad SMARTS) is 1. The molecule has 4 N–H and O–H groups in total. The number of carboxylic acids is 1. The van der Waals surface area contributed by atoms with E-state index in [-0.39, 0.29) is 5.91 Å². The molecule has 4 rings (SSSR count). The first kappa shape index (κ1) is 24.9. The van der Waals surface area contributed by atoms with E-state index < -0.39 is 12.1 Å². The number of carbonyl (C=O) groups excluding carboxylic acids is 1. The minimum absolute atomic E-state index is 0.297. The van der Waals surface area contributed by atoms with E-state index in [9.17, 15) is 23.2 Å². The predicted octanol–water partition coefficient (Wildman–Crippen LogP) is 3.61. The lowest BCUT2D eigenvalue weighted by atomic mass is 10.1. The smallest absolute Gasteiger partial charge is 0.475 e. The number of thiophene rings is 1. The van der Waals surface area contributed by atoms with Crippen LogP contribution in [-0.4, -0.2) is 52.3 Å². The summed E-state index contributed by atoms with van der Waals surface area (Å²) in [6.07, 6.45) is -1.17. The number of carbonyl (C=O) groups is 2. The van der Waals surface area contributed by atoms with Gasteiger partial charge in [0.25, 0.3) is 5.91 Å². The molecule has 1 aliphatic heterocycles. The minimum Gasteiger partial charge on any atom is -0.475 e. The summed E-state index contributed by atoms with van der Waals surface area (Å²) in [5, 5.41) is 27.6. The largest absolute Gasteiger partial charge is 0.490 e. The van der Waals surface area contributed by atoms with Crippen LogP contribution in [0.4, 0.5) is 24.7 Å². The monoisotopic (exact) mass is 492 g/mol. The van der Waals surface area contributed by atoms with Crippen molar-refractivity contribution >= 4 is 45.1 Å². The molecule has 34 heavy (non-hydrogen) atoms. The number of piperidine rings is 1. The molecule has 9 nitrogen and oxygen atoms in total. The second-order valence-corrected chi connectivity index (χ2v) is 8.02. The van der Waals surface area contributed by atoms with Crippen molar-refractivity contribution < 1.29 is 27.9 Å². The molecule has 1 fully saturated rings. The van der Waals surface area contributed by atoms with Gasteiger partial charge in [-0.1, -0.05) is 12.1 Å². The SMILES string of the molecule is N#Cc1ccccc1NC(=O)c1csc2ncc(N[C@@H]3CCCNC3)nc12.O=C(O)C(F)(F)F. The van der Waals surface area contributed by atoms with Crippen LogP contribution in [0.2, 0.25) is 0 Å². The highest BCUT2D eigenvalue weighted by atomic mass is 32.1. The zero-order valence-corrected chi connectivity index (χ0v) is 18.3. The van der Waals surface area contributed by atoms with E-state index in [1.54, 1.807) is 35.8 Å². The molecule has 0 unspecified atom stereocenters. The standard InChI is InChI=1S/C19H18N6OS.C2HF3O2/c20-8-12-4-1-2-6-15(12)24-18(26)14-11-27-19-17(14)25-16(10-22-19)23-13-5-3-7-21-9-13;3-2(4,5)1(6)7/h1-2,4,6,10-11,13,21H,3,5,7,9H2,(H,23,25)(H,24,26);(H,6,7)/t13-;/m1./s1. The van der Waals surface area contributed by atoms with Crippen molar-refractivity contribution in [2.24, 2.45) is 0 Å². The van der Waals surface area contributed by atoms with Crippen molar-refractivity contribution in [3.05, 3.63) is 47.0 Å². The summed E-state index contributed by atoms with van der Waals surface area (Å²) >= 11 is 1.38. The first-order valence-corrected chi connectivity index (χ1v) is 10.9. The highest BCUT2D eigenvalue weighted by Gasteiger charge is 2.38. The number of amides is 1. The topological polar surface area (TPSA) is 140 Å². The number of aromatic nitrogens is 2. The molecule has 0 aliphatic carbocycles. The first-order valence-electron chi connectivity index (χ1n) is 10.0. The molecule has 0 bridgehead atoms. The molecule has 0 spiro atoms. The van der Waals surface area contributed by atoms with Gasteiger partial charge in [0.15, 0.2) is 0 Å². The number of nitrogens with one attached hydrogen (secondary N) is 3. The van der Waals surface area contributed by atoms with Crippen LogP contribution in [0, 0.1) is 11.3 Å². The van der Waals surface area contributed by atoms with Crippen molar-refractivity contribution in [2.45, 2.75) is 25.1 Å². The van der Waals surface area contributed by atoms with Gasteiger partial charge in [-0.25, -0.2) is 14.8 Å². The van der Waals surface area contributed by atoms with Gasteiger partial charge < -0.3 is 21.1 Å². The van der Waals surface area contributed by atoms with Gasteiger partial charge in [0.1, 0.15) is 22.2 Å². The highest BCUT2D eigenvalue weighted by Crippen LogP contribution is 2.25. The van der Waals surface area contributed by atoms with E-state index in [1.165, 1.54) is 11.3 Å². The van der Waals surface area contributed by atoms with E-state index in [0.29, 0.717) is 39.0 Å². The summed E-state index contributed by atoms with van der Waals surface area (Å²) in [5.41, 5.74) is 1.94. The number of rotatable bonds is 4. The van der Waals surface area contributed by atoms with Crippen LogP contribution in [0.25, 0.3) is 10.3 Å². The average molecular weight is 492 g/mol. The van der Waals surface area contributed by atoms with Crippen LogP contribution in [0.3, 0.4) is 0 Å². The molecule has 2 aromatic heterocycles. The van der Waals surface area contributed by atoms with Crippen LogP contribution in [0.15, 0.2) is 35.8 Å². The maximum atomic E-state index is 12.7. The van der Waals surface area contributed by atoms with Gasteiger partial charge in [-0.15, -0.1) is 11.3 Å². The third kappa shape index (κ3) is 6.40. The van der Waals surface area contributed by atoms with Crippen LogP contribution in [0.5, 0.6) is 0 Å². The lowest BCUT2D eigenvalue weighted by Crippen LogP contribution is -2.38. The summed E-state index contributed by atoms with van der Waals surface area (Å²) in [4.78, 5) is 31.4. The van der Waals surface area contributed by atoms with E-state index in [4.69, 9.17) is 9.90 Å². The van der Waals surface area contributed by atoms with E-state index >= 15 is 0 Å². The van der Waals surface area contributed by atoms with Gasteiger partial charge in [0.2, 0.25) is 0 Å². The van der Waals surface area contributed by atoms with Gasteiger partial charge in [0.05, 0.1) is 23.0 Å². The third-order valence-corrected chi connectivity index (χ3v) is 5.59. The Bertz CT molecular complexity index is 1220. The van der Waals surface area contributed by atoms with Crippen LogP contribution in [0.1, 0.15) is 28.8 Å². The molecule has 1 aliphatic rings. The Hall–Kier alpha value is -3.76. The average Bonchev–Trinajstić information content (AvgIpc) is 3.23. The van der Waals surface area contributed by atoms with Gasteiger partial charge in [-0.3, -0.25) is 4.79 Å². The molecule has 1 saturated heterocycles. The Morgan fingerprint density at radius 3 is 2.68 bits per heavy atom. The molecule has 0 radical (unpaired) electrons. The molecular formula is C21H19F3N6O3S. The van der Waals surface area contributed by atoms with Crippen molar-refractivity contribution in [1.82, 2.24) is 15.3 Å². The number of benzene rings is 1. The quantitative estimate of drug-likeness (QED) is 0.433. The number of alkyl halides is 3. The van der Waals surface area contributed by atoms with E-state index in [1.807, 2.05) is 0 Å². The molecule has 1 amide bonds. The fourth-order valence-electron chi connectivity index (χ4n) is 3.10. The van der Waals surface area contributed by atoms with Crippen LogP contribution in [-0.2, 0) is 4.79 Å². The van der Waals surface area contributed by atoms with Crippen molar-refractivity contribution in [1.29, 1.82) is 5.26 Å². The second-order valence-electron chi connectivity index (χ2n) is 7.16. The fraction of sp³-hybridized carbons (Fsp3) is 0.286. The maximum absolute atomic E-state index is 12.7. The molecule has 178 valence electrons. The summed E-state index contributed by atoms with van der Waals surface area (Å²) < 4.78 is 31.7. The predicted molar refractivity (Wildman–Crippen MR) is 120 cm³/mol. The fourth-order valence-corrected chi connectivity index (χ4v) is 3.93. The number of aliphatic carboxylic acids is 1. The summed E-state index contributed by atoms with van der Waals surface area (Å²) in [7, 11) is 0. The Morgan fingerprint density at radius 2 is 2.03 bits per heavy atom. The first-order chi connectivity index (χ1) is 16.2. The zero-order chi connectivity index (χ0) is 24.7. The number of halogens is 3. The summed E-state index contributed by atoms with van der Waals surface area (Å²) in [6.45, 7) is 1.93. The maximum Gasteiger partial charge on any atom is 0.490 e. The second kappa shape index (κ2) is 10.9. The molecule has 3 heterocycles. The van der Waals surface area contributed by atoms with Crippen LogP contribution >= 0.6 is 11.3 Å². The minimum atomic E-state index is -5.08. The number of hydrogen-bond acceptors (Lipinski definition) is 8. The Kier molecular flexibility index (Phi) is 7.98. The number of nitriles is 1. The highest BCUT2D eigenvalue weighted by molar-refractivity contribution is 7.17. The summed E-state index contributed by atoms with van der Waals surface area (Å²) in [6, 6.07) is 9.31. The number of hydrogen-bond donors (Lipinski definition) is 4. The van der Waals surface area contributed by atoms with E-state index in [0.717, 1.165) is 25.9 Å². The van der Waals surface area contributed by atoms with Crippen LogP contribution < -0.4 is 16.0 Å². The Labute approximate surface area is 195 Å². The lowest BCUT2D eigenvalue weighted by molar-refractivity contribution is -0.192. The molecule has 1 aromatic carbocycles. The Balaban J connectivity index is 0.000000406. The van der Waals surface area contributed by atoms with Gasteiger partial charge in [0, 0.05) is 18.0 Å². The van der Waals surface area contributed by atoms with Crippen molar-refractivity contribution in [2.75, 3.05) is 23.7 Å². The van der Waals surface area contributed by atoms with E-state index in [2.05, 4.69) is 32.0 Å². The normalized spacial score (nSPS) is 15.5. The molecular weight excluding hydrogens is 473 g/mol. The van der Waals surface area contributed by atoms with Gasteiger partial charge >= 0.3 is 12.1 Å². The number of para-hydroxylation sites is 1. The zero-order valence-electron chi connectivity index (χ0n) is 17.5. The third-order valence-electron chi connectivity index (χ3n) is 4.71. The molecule has 13 heteroatoms. The number of fused-ring (bicyclic) bond motifs is 1. The molecule has 1 atom stereocenters. The van der Waals surface area contributed by atoms with Gasteiger partial charge in [-0.2, -0.15) is 18.4 Å². The molecule has 3 aromatic rings. The Morgan fingerprint density at radius 1 is 1.29 bits per heavy atom. The van der Waals surface area contributed by atoms with Crippen molar-refractivity contribution in [3.63, 3.8) is 0 Å². The lowest BCUT2D eigenvalue weighted by Gasteiger charge is -2.24. The molecule has 0 saturated carbocycles. The summed E-state index contributed by atoms with van der Waals surface area (Å²) in [5.74, 6) is -2.39. The van der Waals surface area contributed by atoms with Gasteiger partial charge in [-0.05, 0) is 31.5 Å². The van der Waals surface area contributed by atoms with Crippen molar-refractivity contribution in [3.8, 4) is 6.07 Å².